The maximum atomic E-state index is 4.49. The normalized spacial score (nSPS) is 19.5. The molecule has 0 aliphatic carbocycles. The Morgan fingerprint density at radius 2 is 2.18 bits per heavy atom. The summed E-state index contributed by atoms with van der Waals surface area (Å²) in [4.78, 5) is 14.6. The van der Waals surface area contributed by atoms with E-state index in [1.807, 2.05) is 6.20 Å². The van der Waals surface area contributed by atoms with Crippen molar-refractivity contribution < 1.29 is 0 Å². The van der Waals surface area contributed by atoms with Gasteiger partial charge < -0.3 is 4.98 Å². The number of nitrogens with zero attached hydrogens (tertiary/aromatic N) is 3. The molecule has 1 atom stereocenters. The van der Waals surface area contributed by atoms with Crippen LogP contribution >= 0.6 is 0 Å². The molecule has 0 amide bonds. The second-order valence-electron chi connectivity index (χ2n) is 6.06. The van der Waals surface area contributed by atoms with Gasteiger partial charge in [0.15, 0.2) is 0 Å². The summed E-state index contributed by atoms with van der Waals surface area (Å²) >= 11 is 0. The van der Waals surface area contributed by atoms with Crippen LogP contribution in [0.1, 0.15) is 30.0 Å². The molecule has 4 heteroatoms. The summed E-state index contributed by atoms with van der Waals surface area (Å²) in [6, 6.07) is 8.52. The fourth-order valence-electron chi connectivity index (χ4n) is 3.47. The Kier molecular flexibility index (Phi) is 3.60. The number of piperidine rings is 1. The molecular formula is C18H20N4. The first-order valence-corrected chi connectivity index (χ1v) is 7.93. The summed E-state index contributed by atoms with van der Waals surface area (Å²) in [6.45, 7) is 3.23. The van der Waals surface area contributed by atoms with Gasteiger partial charge in [0.25, 0.3) is 0 Å². The lowest BCUT2D eigenvalue weighted by atomic mass is 9.94. The Labute approximate surface area is 130 Å². The molecule has 2 aromatic heterocycles. The van der Waals surface area contributed by atoms with Crippen LogP contribution in [0.2, 0.25) is 0 Å². The van der Waals surface area contributed by atoms with Crippen LogP contribution < -0.4 is 0 Å². The van der Waals surface area contributed by atoms with Crippen LogP contribution in [0.5, 0.6) is 0 Å². The van der Waals surface area contributed by atoms with Crippen LogP contribution in [0.4, 0.5) is 0 Å². The summed E-state index contributed by atoms with van der Waals surface area (Å²) < 4.78 is 0. The second-order valence-corrected chi connectivity index (χ2v) is 6.06. The highest BCUT2D eigenvalue weighted by atomic mass is 15.1. The first-order valence-electron chi connectivity index (χ1n) is 7.93. The predicted octanol–water partition coefficient (Wildman–Crippen LogP) is 3.34. The highest BCUT2D eigenvalue weighted by Gasteiger charge is 2.23. The number of likely N-dealkylation sites (tertiary alicyclic amines) is 1. The average molecular weight is 292 g/mol. The van der Waals surface area contributed by atoms with Gasteiger partial charge in [0, 0.05) is 54.7 Å². The Balaban J connectivity index is 1.51. The number of rotatable bonds is 3. The lowest BCUT2D eigenvalue weighted by Crippen LogP contribution is -2.34. The number of hydrogen-bond acceptors (Lipinski definition) is 3. The zero-order valence-corrected chi connectivity index (χ0v) is 12.6. The van der Waals surface area contributed by atoms with Gasteiger partial charge in [-0.2, -0.15) is 0 Å². The molecule has 1 aromatic carbocycles. The molecule has 1 aliphatic rings. The van der Waals surface area contributed by atoms with Crippen LogP contribution in [0, 0.1) is 0 Å². The smallest absolute Gasteiger partial charge is 0.0630 e. The molecule has 22 heavy (non-hydrogen) atoms. The van der Waals surface area contributed by atoms with Gasteiger partial charge in [-0.25, -0.2) is 0 Å². The lowest BCUT2D eigenvalue weighted by molar-refractivity contribution is 0.199. The van der Waals surface area contributed by atoms with Crippen LogP contribution in [-0.2, 0) is 6.54 Å². The standard InChI is InChI=1S/C18H20N4/c1-2-6-17-16(5-1)15(10-21-17)13-22-9-3-4-14(12-22)18-11-19-7-8-20-18/h1-2,5-8,10-11,14,21H,3-4,9,12-13H2/t14-/m1/s1. The van der Waals surface area contributed by atoms with Gasteiger partial charge >= 0.3 is 0 Å². The minimum absolute atomic E-state index is 0.507. The number of para-hydroxylation sites is 1. The van der Waals surface area contributed by atoms with Gasteiger partial charge in [0.05, 0.1) is 5.69 Å². The molecule has 0 radical (unpaired) electrons. The van der Waals surface area contributed by atoms with Crippen LogP contribution in [0.25, 0.3) is 10.9 Å². The molecule has 1 fully saturated rings. The Bertz CT molecular complexity index is 750. The van der Waals surface area contributed by atoms with E-state index < -0.39 is 0 Å². The van der Waals surface area contributed by atoms with Gasteiger partial charge in [-0.15, -0.1) is 0 Å². The van der Waals surface area contributed by atoms with Crippen molar-refractivity contribution in [2.45, 2.75) is 25.3 Å². The summed E-state index contributed by atoms with van der Waals surface area (Å²) in [6.07, 6.45) is 10.0. The van der Waals surface area contributed by atoms with Crippen molar-refractivity contribution in [2.24, 2.45) is 0 Å². The maximum absolute atomic E-state index is 4.49. The van der Waals surface area contributed by atoms with Gasteiger partial charge in [-0.1, -0.05) is 18.2 Å². The van der Waals surface area contributed by atoms with E-state index in [4.69, 9.17) is 0 Å². The summed E-state index contributed by atoms with van der Waals surface area (Å²) in [5.41, 5.74) is 3.74. The minimum Gasteiger partial charge on any atom is -0.361 e. The van der Waals surface area contributed by atoms with E-state index in [-0.39, 0.29) is 0 Å². The molecule has 3 heterocycles. The molecule has 4 rings (SSSR count). The third-order valence-electron chi connectivity index (χ3n) is 4.58. The van der Waals surface area contributed by atoms with E-state index in [2.05, 4.69) is 50.3 Å². The fraction of sp³-hybridized carbons (Fsp3) is 0.333. The first kappa shape index (κ1) is 13.5. The lowest BCUT2D eigenvalue weighted by Gasteiger charge is -2.32. The van der Waals surface area contributed by atoms with Crippen molar-refractivity contribution in [3.05, 3.63) is 60.3 Å². The summed E-state index contributed by atoms with van der Waals surface area (Å²) in [7, 11) is 0. The van der Waals surface area contributed by atoms with Crippen molar-refractivity contribution in [3.63, 3.8) is 0 Å². The summed E-state index contributed by atoms with van der Waals surface area (Å²) in [5.74, 6) is 0.507. The number of H-pyrrole nitrogens is 1. The van der Waals surface area contributed by atoms with Crippen molar-refractivity contribution >= 4 is 10.9 Å². The molecule has 112 valence electrons. The van der Waals surface area contributed by atoms with Gasteiger partial charge in [-0.05, 0) is 31.0 Å². The third-order valence-corrected chi connectivity index (χ3v) is 4.58. The zero-order valence-electron chi connectivity index (χ0n) is 12.6. The second kappa shape index (κ2) is 5.89. The third kappa shape index (κ3) is 2.62. The maximum Gasteiger partial charge on any atom is 0.0630 e. The highest BCUT2D eigenvalue weighted by molar-refractivity contribution is 5.82. The van der Waals surface area contributed by atoms with E-state index in [9.17, 15) is 0 Å². The van der Waals surface area contributed by atoms with Crippen molar-refractivity contribution in [3.8, 4) is 0 Å². The van der Waals surface area contributed by atoms with Gasteiger partial charge in [0.2, 0.25) is 0 Å². The van der Waals surface area contributed by atoms with Gasteiger partial charge in [0.1, 0.15) is 0 Å². The monoisotopic (exact) mass is 292 g/mol. The Morgan fingerprint density at radius 1 is 1.23 bits per heavy atom. The number of aromatic amines is 1. The number of aromatic nitrogens is 3. The van der Waals surface area contributed by atoms with E-state index >= 15 is 0 Å². The molecule has 0 unspecified atom stereocenters. The minimum atomic E-state index is 0.507. The van der Waals surface area contributed by atoms with E-state index in [1.54, 1.807) is 12.4 Å². The largest absolute Gasteiger partial charge is 0.361 e. The first-order chi connectivity index (χ1) is 10.9. The van der Waals surface area contributed by atoms with E-state index in [1.165, 1.54) is 29.3 Å². The fourth-order valence-corrected chi connectivity index (χ4v) is 3.47. The Morgan fingerprint density at radius 3 is 3.09 bits per heavy atom. The van der Waals surface area contributed by atoms with Crippen LogP contribution in [-0.4, -0.2) is 32.9 Å². The highest BCUT2D eigenvalue weighted by Crippen LogP contribution is 2.27. The molecule has 1 saturated heterocycles. The summed E-state index contributed by atoms with van der Waals surface area (Å²) in [5, 5.41) is 1.34. The number of nitrogens with one attached hydrogen (secondary N) is 1. The molecule has 0 bridgehead atoms. The van der Waals surface area contributed by atoms with Crippen molar-refractivity contribution in [1.82, 2.24) is 19.9 Å². The van der Waals surface area contributed by atoms with Crippen LogP contribution in [0.3, 0.4) is 0 Å². The van der Waals surface area contributed by atoms with E-state index in [0.717, 1.165) is 25.3 Å². The van der Waals surface area contributed by atoms with Crippen molar-refractivity contribution in [1.29, 1.82) is 0 Å². The van der Waals surface area contributed by atoms with Gasteiger partial charge in [-0.3, -0.25) is 14.9 Å². The average Bonchev–Trinajstić information content (AvgIpc) is 2.99. The molecule has 1 aliphatic heterocycles. The van der Waals surface area contributed by atoms with Crippen molar-refractivity contribution in [2.75, 3.05) is 13.1 Å². The quantitative estimate of drug-likeness (QED) is 0.805. The molecule has 0 spiro atoms. The Hall–Kier alpha value is -2.20. The molecule has 3 aromatic rings. The number of benzene rings is 1. The van der Waals surface area contributed by atoms with Crippen LogP contribution in [0.15, 0.2) is 49.1 Å². The topological polar surface area (TPSA) is 44.8 Å². The SMILES string of the molecule is c1ccc2c(CN3CCC[C@@H](c4cnccn4)C3)c[nH]c2c1. The molecule has 0 saturated carbocycles. The number of hydrogen-bond donors (Lipinski definition) is 1. The van der Waals surface area contributed by atoms with E-state index in [0.29, 0.717) is 5.92 Å². The molecule has 4 nitrogen and oxygen atoms in total. The number of fused-ring (bicyclic) bond motifs is 1. The molecule has 1 N–H and O–H groups in total. The molecular weight excluding hydrogens is 272 g/mol. The zero-order chi connectivity index (χ0) is 14.8. The predicted molar refractivity (Wildman–Crippen MR) is 87.6 cm³/mol.